The van der Waals surface area contributed by atoms with Crippen LogP contribution < -0.4 is 5.32 Å². The van der Waals surface area contributed by atoms with Gasteiger partial charge in [0.1, 0.15) is 5.76 Å². The highest BCUT2D eigenvalue weighted by molar-refractivity contribution is 7.10. The van der Waals surface area contributed by atoms with Crippen LogP contribution in [0.5, 0.6) is 0 Å². The maximum absolute atomic E-state index is 12.2. The fourth-order valence-electron chi connectivity index (χ4n) is 2.19. The van der Waals surface area contributed by atoms with E-state index in [1.807, 2.05) is 38.2 Å². The second-order valence-electron chi connectivity index (χ2n) is 5.56. The predicted octanol–water partition coefficient (Wildman–Crippen LogP) is 3.09. The first-order valence-corrected chi connectivity index (χ1v) is 8.08. The van der Waals surface area contributed by atoms with Gasteiger partial charge in [0, 0.05) is 18.5 Å². The number of carbonyl (C=O) groups is 1. The molecule has 0 aliphatic heterocycles. The molecule has 2 amide bonds. The summed E-state index contributed by atoms with van der Waals surface area (Å²) in [6, 6.07) is 5.81. The van der Waals surface area contributed by atoms with E-state index in [0.717, 1.165) is 5.76 Å². The number of carbonyl (C=O) groups excluding carboxylic acids is 1. The molecule has 2 heterocycles. The average molecular weight is 321 g/mol. The minimum Gasteiger partial charge on any atom is -0.468 e. The van der Waals surface area contributed by atoms with Crippen LogP contribution in [0, 0.1) is 6.92 Å². The molecule has 22 heavy (non-hydrogen) atoms. The van der Waals surface area contributed by atoms with Gasteiger partial charge in [0.05, 0.1) is 18.8 Å². The lowest BCUT2D eigenvalue weighted by Crippen LogP contribution is -2.41. The Balaban J connectivity index is 1.89. The molecule has 0 aromatic carbocycles. The van der Waals surface area contributed by atoms with Crippen LogP contribution in [0.15, 0.2) is 34.3 Å². The molecule has 0 fully saturated rings. The molecule has 2 aromatic rings. The maximum atomic E-state index is 12.2. The monoisotopic (exact) mass is 321 g/mol. The first kappa shape index (κ1) is 16.6. The van der Waals surface area contributed by atoms with E-state index in [-0.39, 0.29) is 12.1 Å². The molecule has 6 heteroatoms. The van der Waals surface area contributed by atoms with Crippen molar-refractivity contribution in [2.45, 2.75) is 19.5 Å². The van der Waals surface area contributed by atoms with E-state index in [0.29, 0.717) is 13.1 Å². The number of furan rings is 1. The van der Waals surface area contributed by atoms with Crippen LogP contribution in [0.3, 0.4) is 0 Å². The summed E-state index contributed by atoms with van der Waals surface area (Å²) in [7, 11) is 5.75. The average Bonchev–Trinajstić information content (AvgIpc) is 3.11. The molecule has 0 bridgehead atoms. The minimum atomic E-state index is -0.0776. The normalized spacial score (nSPS) is 12.4. The molecule has 0 aliphatic carbocycles. The van der Waals surface area contributed by atoms with Crippen LogP contribution in [-0.2, 0) is 6.54 Å². The van der Waals surface area contributed by atoms with Crippen molar-refractivity contribution in [2.24, 2.45) is 0 Å². The van der Waals surface area contributed by atoms with Crippen molar-refractivity contribution in [3.05, 3.63) is 46.0 Å². The van der Waals surface area contributed by atoms with Crippen molar-refractivity contribution >= 4 is 17.4 Å². The van der Waals surface area contributed by atoms with Crippen molar-refractivity contribution in [1.29, 1.82) is 0 Å². The Labute approximate surface area is 135 Å². The Morgan fingerprint density at radius 3 is 2.68 bits per heavy atom. The number of hydrogen-bond donors (Lipinski definition) is 1. The number of urea groups is 1. The summed E-state index contributed by atoms with van der Waals surface area (Å²) < 4.78 is 5.45. The molecule has 5 nitrogen and oxygen atoms in total. The summed E-state index contributed by atoms with van der Waals surface area (Å²) in [6.07, 6.45) is 1.65. The van der Waals surface area contributed by atoms with Crippen LogP contribution in [0.1, 0.15) is 22.2 Å². The van der Waals surface area contributed by atoms with Crippen molar-refractivity contribution in [2.75, 3.05) is 27.7 Å². The number of nitrogens with zero attached hydrogens (tertiary/aromatic N) is 2. The van der Waals surface area contributed by atoms with Gasteiger partial charge in [-0.2, -0.15) is 0 Å². The van der Waals surface area contributed by atoms with Crippen LogP contribution in [-0.4, -0.2) is 43.5 Å². The van der Waals surface area contributed by atoms with Crippen LogP contribution >= 0.6 is 11.3 Å². The van der Waals surface area contributed by atoms with Gasteiger partial charge in [0.25, 0.3) is 0 Å². The Bertz CT molecular complexity index is 592. The quantitative estimate of drug-likeness (QED) is 0.889. The van der Waals surface area contributed by atoms with Gasteiger partial charge < -0.3 is 14.6 Å². The van der Waals surface area contributed by atoms with E-state index in [2.05, 4.69) is 23.7 Å². The third-order valence-corrected chi connectivity index (χ3v) is 4.64. The molecule has 120 valence electrons. The van der Waals surface area contributed by atoms with Crippen molar-refractivity contribution in [1.82, 2.24) is 15.1 Å². The molecule has 2 rings (SSSR count). The highest BCUT2D eigenvalue weighted by Crippen LogP contribution is 2.19. The summed E-state index contributed by atoms with van der Waals surface area (Å²) in [4.78, 5) is 17.2. The third-order valence-electron chi connectivity index (χ3n) is 3.64. The minimum absolute atomic E-state index is 0.0239. The van der Waals surface area contributed by atoms with Gasteiger partial charge >= 0.3 is 6.03 Å². The fourth-order valence-corrected chi connectivity index (χ4v) is 3.15. The zero-order valence-corrected chi connectivity index (χ0v) is 14.3. The number of hydrogen-bond acceptors (Lipinski definition) is 4. The molecular weight excluding hydrogens is 298 g/mol. The van der Waals surface area contributed by atoms with E-state index in [4.69, 9.17) is 4.42 Å². The molecule has 0 spiro atoms. The largest absolute Gasteiger partial charge is 0.468 e. The Morgan fingerprint density at radius 2 is 2.14 bits per heavy atom. The van der Waals surface area contributed by atoms with E-state index < -0.39 is 0 Å². The Morgan fingerprint density at radius 1 is 1.36 bits per heavy atom. The fraction of sp³-hybridized carbons (Fsp3) is 0.438. The molecule has 0 saturated heterocycles. The highest BCUT2D eigenvalue weighted by Gasteiger charge is 2.19. The summed E-state index contributed by atoms with van der Waals surface area (Å²) in [5.74, 6) is 0.849. The van der Waals surface area contributed by atoms with E-state index in [9.17, 15) is 4.79 Å². The lowest BCUT2D eigenvalue weighted by Gasteiger charge is -2.24. The summed E-state index contributed by atoms with van der Waals surface area (Å²) >= 11 is 1.68. The Hall–Kier alpha value is -1.79. The standard InChI is InChI=1S/C16H23N3O2S/c1-12-7-9-22-15(12)11-19(4)16(20)17-10-13(18(2)3)14-6-5-8-21-14/h5-9,13H,10-11H2,1-4H3,(H,17,20). The summed E-state index contributed by atoms with van der Waals surface area (Å²) in [5.41, 5.74) is 1.23. The van der Waals surface area contributed by atoms with Gasteiger partial charge in [-0.25, -0.2) is 4.79 Å². The second-order valence-corrected chi connectivity index (χ2v) is 6.56. The highest BCUT2D eigenvalue weighted by atomic mass is 32.1. The number of thiophene rings is 1. The third kappa shape index (κ3) is 4.11. The molecule has 1 N–H and O–H groups in total. The van der Waals surface area contributed by atoms with Crippen molar-refractivity contribution in [3.63, 3.8) is 0 Å². The maximum Gasteiger partial charge on any atom is 0.317 e. The zero-order valence-electron chi connectivity index (χ0n) is 13.5. The SMILES string of the molecule is Cc1ccsc1CN(C)C(=O)NCC(c1ccco1)N(C)C. The van der Waals surface area contributed by atoms with Crippen LogP contribution in [0.25, 0.3) is 0 Å². The first-order chi connectivity index (χ1) is 10.5. The van der Waals surface area contributed by atoms with Gasteiger partial charge in [0.2, 0.25) is 0 Å². The second kappa shape index (κ2) is 7.47. The number of aryl methyl sites for hydroxylation is 1. The smallest absolute Gasteiger partial charge is 0.317 e. The molecule has 2 aromatic heterocycles. The molecular formula is C16H23N3O2S. The van der Waals surface area contributed by atoms with Gasteiger partial charge in [-0.05, 0) is 50.2 Å². The number of amides is 2. The first-order valence-electron chi connectivity index (χ1n) is 7.20. The molecule has 0 saturated carbocycles. The van der Waals surface area contributed by atoms with Crippen molar-refractivity contribution in [3.8, 4) is 0 Å². The van der Waals surface area contributed by atoms with Gasteiger partial charge in [-0.1, -0.05) is 0 Å². The summed E-state index contributed by atoms with van der Waals surface area (Å²) in [6.45, 7) is 3.20. The van der Waals surface area contributed by atoms with Crippen LogP contribution in [0.4, 0.5) is 4.79 Å². The molecule has 0 radical (unpaired) electrons. The molecule has 0 aliphatic rings. The van der Waals surface area contributed by atoms with Crippen LogP contribution in [0.2, 0.25) is 0 Å². The topological polar surface area (TPSA) is 48.7 Å². The van der Waals surface area contributed by atoms with Gasteiger partial charge in [-0.15, -0.1) is 11.3 Å². The van der Waals surface area contributed by atoms with Gasteiger partial charge in [-0.3, -0.25) is 4.90 Å². The van der Waals surface area contributed by atoms with E-state index in [1.54, 1.807) is 22.5 Å². The van der Waals surface area contributed by atoms with E-state index >= 15 is 0 Å². The van der Waals surface area contributed by atoms with Gasteiger partial charge in [0.15, 0.2) is 0 Å². The molecule has 1 unspecified atom stereocenters. The lowest BCUT2D eigenvalue weighted by atomic mass is 10.2. The molecule has 1 atom stereocenters. The predicted molar refractivity (Wildman–Crippen MR) is 89.1 cm³/mol. The summed E-state index contributed by atoms with van der Waals surface area (Å²) in [5, 5.41) is 5.02. The number of rotatable bonds is 6. The van der Waals surface area contributed by atoms with Crippen molar-refractivity contribution < 1.29 is 9.21 Å². The Kier molecular flexibility index (Phi) is 5.63. The zero-order chi connectivity index (χ0) is 16.1. The lowest BCUT2D eigenvalue weighted by molar-refractivity contribution is 0.197. The van der Waals surface area contributed by atoms with E-state index in [1.165, 1.54) is 10.4 Å². The number of nitrogens with one attached hydrogen (secondary N) is 1. The number of likely N-dealkylation sites (N-methyl/N-ethyl adjacent to an activating group) is 1.